The molecular formula is C16H13ClFN5. The van der Waals surface area contributed by atoms with Crippen LogP contribution in [0.3, 0.4) is 0 Å². The molecule has 23 heavy (non-hydrogen) atoms. The molecule has 5 nitrogen and oxygen atoms in total. The Morgan fingerprint density at radius 3 is 2.70 bits per heavy atom. The molecule has 3 aromatic rings. The van der Waals surface area contributed by atoms with Crippen LogP contribution in [0.5, 0.6) is 0 Å². The number of benzene rings is 1. The predicted octanol–water partition coefficient (Wildman–Crippen LogP) is 3.53. The van der Waals surface area contributed by atoms with Crippen molar-refractivity contribution in [3.8, 4) is 11.3 Å². The molecule has 0 bridgehead atoms. The van der Waals surface area contributed by atoms with E-state index in [0.717, 1.165) is 5.56 Å². The van der Waals surface area contributed by atoms with E-state index in [1.807, 2.05) is 0 Å². The minimum atomic E-state index is -0.263. The molecule has 0 spiro atoms. The summed E-state index contributed by atoms with van der Waals surface area (Å²) >= 11 is 6.13. The lowest BCUT2D eigenvalue weighted by molar-refractivity contribution is 0.627. The molecule has 7 heteroatoms. The Labute approximate surface area is 137 Å². The van der Waals surface area contributed by atoms with Crippen LogP contribution in [0.25, 0.3) is 11.3 Å². The topological polar surface area (TPSA) is 76.7 Å². The molecule has 1 aromatic carbocycles. The summed E-state index contributed by atoms with van der Waals surface area (Å²) in [5, 5.41) is 3.59. The Balaban J connectivity index is 1.79. The maximum atomic E-state index is 12.9. The van der Waals surface area contributed by atoms with Crippen molar-refractivity contribution in [3.63, 3.8) is 0 Å². The second-order valence-corrected chi connectivity index (χ2v) is 5.27. The number of rotatable bonds is 4. The van der Waals surface area contributed by atoms with E-state index in [4.69, 9.17) is 17.3 Å². The Morgan fingerprint density at radius 1 is 1.13 bits per heavy atom. The quantitative estimate of drug-likeness (QED) is 0.765. The highest BCUT2D eigenvalue weighted by molar-refractivity contribution is 6.33. The lowest BCUT2D eigenvalue weighted by Gasteiger charge is -2.08. The zero-order valence-corrected chi connectivity index (χ0v) is 12.8. The van der Waals surface area contributed by atoms with Crippen molar-refractivity contribution >= 4 is 23.2 Å². The largest absolute Gasteiger partial charge is 0.384 e. The molecule has 0 atom stereocenters. The molecule has 0 saturated heterocycles. The molecular weight excluding hydrogens is 317 g/mol. The molecule has 116 valence electrons. The first-order valence-electron chi connectivity index (χ1n) is 6.83. The molecule has 0 aliphatic rings. The van der Waals surface area contributed by atoms with E-state index in [0.29, 0.717) is 34.5 Å². The minimum Gasteiger partial charge on any atom is -0.384 e. The van der Waals surface area contributed by atoms with E-state index in [-0.39, 0.29) is 5.82 Å². The average molecular weight is 330 g/mol. The number of nitrogens with zero attached hydrogens (tertiary/aromatic N) is 3. The van der Waals surface area contributed by atoms with Gasteiger partial charge in [-0.15, -0.1) is 0 Å². The zero-order chi connectivity index (χ0) is 16.2. The van der Waals surface area contributed by atoms with Gasteiger partial charge in [0.25, 0.3) is 0 Å². The summed E-state index contributed by atoms with van der Waals surface area (Å²) in [5.41, 5.74) is 7.88. The van der Waals surface area contributed by atoms with Gasteiger partial charge in [-0.05, 0) is 23.8 Å². The van der Waals surface area contributed by atoms with Crippen LogP contribution in [0, 0.1) is 5.82 Å². The van der Waals surface area contributed by atoms with Gasteiger partial charge in [-0.2, -0.15) is 0 Å². The molecule has 0 fully saturated rings. The molecule has 0 amide bonds. The second-order valence-electron chi connectivity index (χ2n) is 4.86. The number of nitrogen functional groups attached to an aromatic ring is 1. The third-order valence-corrected chi connectivity index (χ3v) is 3.48. The number of hydrogen-bond acceptors (Lipinski definition) is 5. The molecule has 0 saturated carbocycles. The summed E-state index contributed by atoms with van der Waals surface area (Å²) < 4.78 is 12.9. The van der Waals surface area contributed by atoms with Crippen LogP contribution >= 0.6 is 11.6 Å². The fourth-order valence-electron chi connectivity index (χ4n) is 2.03. The van der Waals surface area contributed by atoms with Gasteiger partial charge < -0.3 is 11.1 Å². The van der Waals surface area contributed by atoms with E-state index in [9.17, 15) is 4.39 Å². The fourth-order valence-corrected chi connectivity index (χ4v) is 2.23. The maximum absolute atomic E-state index is 12.9. The van der Waals surface area contributed by atoms with Crippen LogP contribution in [-0.2, 0) is 6.54 Å². The standard InChI is InChI=1S/C16H13ClFN5/c17-13-7-21-15(19)5-12(13)14-8-20-9-16(23-14)22-6-10-1-3-11(18)4-2-10/h1-5,7-9H,6H2,(H2,19,21)(H,22,23). The van der Waals surface area contributed by atoms with Gasteiger partial charge in [0.15, 0.2) is 0 Å². The normalized spacial score (nSPS) is 10.5. The van der Waals surface area contributed by atoms with Crippen molar-refractivity contribution in [2.24, 2.45) is 0 Å². The van der Waals surface area contributed by atoms with Crippen LogP contribution in [0.15, 0.2) is 48.9 Å². The Morgan fingerprint density at radius 2 is 1.91 bits per heavy atom. The van der Waals surface area contributed by atoms with E-state index < -0.39 is 0 Å². The van der Waals surface area contributed by atoms with Gasteiger partial charge in [0.1, 0.15) is 17.5 Å². The van der Waals surface area contributed by atoms with Crippen LogP contribution in [0.4, 0.5) is 16.0 Å². The molecule has 0 aliphatic carbocycles. The third kappa shape index (κ3) is 3.73. The van der Waals surface area contributed by atoms with Gasteiger partial charge in [-0.3, -0.25) is 4.98 Å². The zero-order valence-electron chi connectivity index (χ0n) is 12.0. The summed E-state index contributed by atoms with van der Waals surface area (Å²) in [5.74, 6) is 0.676. The lowest BCUT2D eigenvalue weighted by Crippen LogP contribution is -2.03. The van der Waals surface area contributed by atoms with Gasteiger partial charge >= 0.3 is 0 Å². The number of hydrogen-bond donors (Lipinski definition) is 2. The van der Waals surface area contributed by atoms with Crippen LogP contribution in [-0.4, -0.2) is 15.0 Å². The molecule has 3 rings (SSSR count). The summed E-state index contributed by atoms with van der Waals surface area (Å²) in [7, 11) is 0. The van der Waals surface area contributed by atoms with Crippen molar-refractivity contribution in [1.29, 1.82) is 0 Å². The van der Waals surface area contributed by atoms with Gasteiger partial charge in [-0.25, -0.2) is 14.4 Å². The predicted molar refractivity (Wildman–Crippen MR) is 88.4 cm³/mol. The van der Waals surface area contributed by atoms with Gasteiger partial charge in [-0.1, -0.05) is 23.7 Å². The second kappa shape index (κ2) is 6.58. The number of pyridine rings is 1. The molecule has 0 aliphatic heterocycles. The first kappa shape index (κ1) is 15.2. The van der Waals surface area contributed by atoms with Crippen LogP contribution in [0.2, 0.25) is 5.02 Å². The first-order valence-corrected chi connectivity index (χ1v) is 7.21. The summed E-state index contributed by atoms with van der Waals surface area (Å²) in [6.07, 6.45) is 4.68. The molecule has 3 N–H and O–H groups in total. The van der Waals surface area contributed by atoms with Gasteiger partial charge in [0, 0.05) is 18.3 Å². The average Bonchev–Trinajstić information content (AvgIpc) is 2.57. The van der Waals surface area contributed by atoms with Gasteiger partial charge in [0.2, 0.25) is 0 Å². The smallest absolute Gasteiger partial charge is 0.145 e. The van der Waals surface area contributed by atoms with Crippen LogP contribution in [0.1, 0.15) is 5.56 Å². The molecule has 0 unspecified atom stereocenters. The van der Waals surface area contributed by atoms with E-state index in [2.05, 4.69) is 20.3 Å². The van der Waals surface area contributed by atoms with Crippen molar-refractivity contribution in [2.75, 3.05) is 11.1 Å². The van der Waals surface area contributed by atoms with Crippen molar-refractivity contribution in [3.05, 3.63) is 65.3 Å². The highest BCUT2D eigenvalue weighted by Crippen LogP contribution is 2.27. The summed E-state index contributed by atoms with van der Waals surface area (Å²) in [6, 6.07) is 7.90. The minimum absolute atomic E-state index is 0.263. The van der Waals surface area contributed by atoms with Crippen molar-refractivity contribution in [1.82, 2.24) is 15.0 Å². The fraction of sp³-hybridized carbons (Fsp3) is 0.0625. The number of aromatic nitrogens is 3. The number of halogens is 2. The Bertz CT molecular complexity index is 823. The highest BCUT2D eigenvalue weighted by atomic mass is 35.5. The van der Waals surface area contributed by atoms with E-state index in [1.54, 1.807) is 30.6 Å². The SMILES string of the molecule is Nc1cc(-c2cncc(NCc3ccc(F)cc3)n2)c(Cl)cn1. The van der Waals surface area contributed by atoms with Gasteiger partial charge in [0.05, 0.1) is 23.1 Å². The lowest BCUT2D eigenvalue weighted by atomic mass is 10.2. The molecule has 2 heterocycles. The summed E-state index contributed by atoms with van der Waals surface area (Å²) in [6.45, 7) is 0.505. The highest BCUT2D eigenvalue weighted by Gasteiger charge is 2.08. The van der Waals surface area contributed by atoms with Crippen molar-refractivity contribution in [2.45, 2.75) is 6.54 Å². The summed E-state index contributed by atoms with van der Waals surface area (Å²) in [4.78, 5) is 12.5. The number of anilines is 2. The third-order valence-electron chi connectivity index (χ3n) is 3.17. The Kier molecular flexibility index (Phi) is 4.34. The maximum Gasteiger partial charge on any atom is 0.145 e. The van der Waals surface area contributed by atoms with E-state index in [1.165, 1.54) is 18.3 Å². The monoisotopic (exact) mass is 329 g/mol. The molecule has 0 radical (unpaired) electrons. The van der Waals surface area contributed by atoms with E-state index >= 15 is 0 Å². The van der Waals surface area contributed by atoms with Crippen LogP contribution < -0.4 is 11.1 Å². The Hall–Kier alpha value is -2.73. The number of nitrogens with two attached hydrogens (primary N) is 1. The number of nitrogens with one attached hydrogen (secondary N) is 1. The first-order chi connectivity index (χ1) is 11.1. The molecule has 2 aromatic heterocycles. The van der Waals surface area contributed by atoms with Crippen molar-refractivity contribution < 1.29 is 4.39 Å².